The third kappa shape index (κ3) is 3.19. The minimum Gasteiger partial charge on any atom is -0.504 e. The van der Waals surface area contributed by atoms with Gasteiger partial charge in [-0.15, -0.1) is 0 Å². The Kier molecular flexibility index (Phi) is 5.47. The number of ketones is 2. The number of aromatic hydroxyl groups is 1. The molecule has 0 bridgehead atoms. The van der Waals surface area contributed by atoms with Gasteiger partial charge in [-0.2, -0.15) is 0 Å². The summed E-state index contributed by atoms with van der Waals surface area (Å²) in [5.41, 5.74) is 0.225. The van der Waals surface area contributed by atoms with Gasteiger partial charge in [0.2, 0.25) is 0 Å². The highest BCUT2D eigenvalue weighted by Gasteiger charge is 2.61. The number of allylic oxidation sites excluding steroid dienone is 4. The molecule has 2 heterocycles. The van der Waals surface area contributed by atoms with Crippen molar-refractivity contribution in [2.45, 2.75) is 45.7 Å². The lowest BCUT2D eigenvalue weighted by molar-refractivity contribution is -0.140. The summed E-state index contributed by atoms with van der Waals surface area (Å²) in [5.74, 6) is -1.68. The Morgan fingerprint density at radius 2 is 1.67 bits per heavy atom. The van der Waals surface area contributed by atoms with Gasteiger partial charge in [-0.25, -0.2) is 23.5 Å². The van der Waals surface area contributed by atoms with Gasteiger partial charge in [0, 0.05) is 17.4 Å². The molecule has 6 rings (SSSR count). The van der Waals surface area contributed by atoms with Crippen molar-refractivity contribution in [3.63, 3.8) is 0 Å². The van der Waals surface area contributed by atoms with E-state index in [-0.39, 0.29) is 36.0 Å². The van der Waals surface area contributed by atoms with E-state index >= 15 is 0 Å². The van der Waals surface area contributed by atoms with Gasteiger partial charge < -0.3 is 9.84 Å². The zero-order valence-electron chi connectivity index (χ0n) is 22.2. The van der Waals surface area contributed by atoms with Crippen molar-refractivity contribution in [2.24, 2.45) is 11.3 Å². The predicted molar refractivity (Wildman–Crippen MR) is 143 cm³/mol. The van der Waals surface area contributed by atoms with Crippen molar-refractivity contribution in [1.82, 2.24) is 13.9 Å². The van der Waals surface area contributed by atoms with Crippen molar-refractivity contribution in [3.05, 3.63) is 97.9 Å². The van der Waals surface area contributed by atoms with Crippen LogP contribution in [0.4, 0.5) is 0 Å². The Labute approximate surface area is 224 Å². The van der Waals surface area contributed by atoms with Crippen LogP contribution in [0.5, 0.6) is 11.5 Å². The Morgan fingerprint density at radius 3 is 2.36 bits per heavy atom. The van der Waals surface area contributed by atoms with E-state index in [4.69, 9.17) is 4.74 Å². The van der Waals surface area contributed by atoms with Gasteiger partial charge in [-0.05, 0) is 55.2 Å². The molecule has 9 heteroatoms. The van der Waals surface area contributed by atoms with Crippen LogP contribution in [0.2, 0.25) is 0 Å². The van der Waals surface area contributed by atoms with E-state index in [1.807, 2.05) is 6.08 Å². The van der Waals surface area contributed by atoms with Crippen LogP contribution in [-0.4, -0.2) is 37.7 Å². The fourth-order valence-corrected chi connectivity index (χ4v) is 6.92. The number of fused-ring (bicyclic) bond motifs is 4. The topological polar surface area (TPSA) is 113 Å². The van der Waals surface area contributed by atoms with E-state index in [0.29, 0.717) is 22.4 Å². The number of carbonyl (C=O) groups excluding carboxylic acids is 2. The number of rotatable bonds is 3. The van der Waals surface area contributed by atoms with E-state index in [1.54, 1.807) is 69.3 Å². The molecule has 0 saturated heterocycles. The minimum atomic E-state index is -1.21. The number of benzene rings is 2. The largest absolute Gasteiger partial charge is 0.504 e. The van der Waals surface area contributed by atoms with Gasteiger partial charge >= 0.3 is 11.4 Å². The fourth-order valence-electron chi connectivity index (χ4n) is 6.92. The number of hydrogen-bond donors (Lipinski definition) is 1. The average Bonchev–Trinajstić information content (AvgIpc) is 3.20. The molecule has 4 atom stereocenters. The monoisotopic (exact) mass is 527 g/mol. The maximum absolute atomic E-state index is 14.0. The Balaban J connectivity index is 1.63. The predicted octanol–water partition coefficient (Wildman–Crippen LogP) is 3.29. The SMILES string of the molecule is COc1cccc([C@H]2C3=CCn4c(=O)n(-c5ccccc5)c(=O)n4[C@@H]3C[C@H]3C(=O)C(C)=C(C)C(=O)[C@@]23C)c1O. The molecular weight excluding hydrogens is 498 g/mol. The summed E-state index contributed by atoms with van der Waals surface area (Å²) in [6.07, 6.45) is 2.04. The molecular formula is C30H29N3O6. The summed E-state index contributed by atoms with van der Waals surface area (Å²) in [6, 6.07) is 13.1. The first-order chi connectivity index (χ1) is 18.6. The van der Waals surface area contributed by atoms with E-state index < -0.39 is 34.7 Å². The summed E-state index contributed by atoms with van der Waals surface area (Å²) in [4.78, 5) is 55.1. The van der Waals surface area contributed by atoms with Gasteiger partial charge in [-0.3, -0.25) is 9.59 Å². The summed E-state index contributed by atoms with van der Waals surface area (Å²) < 4.78 is 9.32. The molecule has 9 nitrogen and oxygen atoms in total. The molecule has 1 N–H and O–H groups in total. The molecule has 0 radical (unpaired) electrons. The number of Topliss-reactive ketones (excluding diaryl/α,β-unsaturated/α-hetero) is 2. The maximum atomic E-state index is 14.0. The highest BCUT2D eigenvalue weighted by molar-refractivity contribution is 6.15. The highest BCUT2D eigenvalue weighted by Crippen LogP contribution is 2.61. The molecule has 0 amide bonds. The van der Waals surface area contributed by atoms with Crippen LogP contribution in [0.1, 0.15) is 44.7 Å². The van der Waals surface area contributed by atoms with Crippen LogP contribution in [-0.2, 0) is 16.1 Å². The summed E-state index contributed by atoms with van der Waals surface area (Å²) >= 11 is 0. The lowest BCUT2D eigenvalue weighted by Gasteiger charge is -2.53. The summed E-state index contributed by atoms with van der Waals surface area (Å²) in [5, 5.41) is 11.3. The number of methoxy groups -OCH3 is 1. The van der Waals surface area contributed by atoms with Crippen LogP contribution in [0.3, 0.4) is 0 Å². The Hall–Kier alpha value is -4.40. The Morgan fingerprint density at radius 1 is 0.949 bits per heavy atom. The van der Waals surface area contributed by atoms with Gasteiger partial charge in [0.05, 0.1) is 30.8 Å². The summed E-state index contributed by atoms with van der Waals surface area (Å²) in [7, 11) is 1.45. The number of phenolic OH excluding ortho intramolecular Hbond substituents is 1. The molecule has 2 aliphatic carbocycles. The van der Waals surface area contributed by atoms with Crippen LogP contribution < -0.4 is 16.1 Å². The smallest absolute Gasteiger partial charge is 0.352 e. The van der Waals surface area contributed by atoms with Gasteiger partial charge in [0.15, 0.2) is 23.1 Å². The standard InChI is InChI=1S/C30H29N3O6/c1-16-17(2)27(36)30(3)21(25(16)34)15-22-19(24(30)20-11-8-12-23(39-4)26(20)35)13-14-31-28(37)32(29(38)33(22)31)18-9-6-5-7-10-18/h5-13,21-22,24,35H,14-15H2,1-4H3/t21-,22+,24+,30+/m0/s1. The first kappa shape index (κ1) is 24.9. The molecule has 39 heavy (non-hydrogen) atoms. The van der Waals surface area contributed by atoms with Crippen molar-refractivity contribution in [1.29, 1.82) is 0 Å². The average molecular weight is 528 g/mol. The number of para-hydroxylation sites is 2. The van der Waals surface area contributed by atoms with E-state index in [1.165, 1.54) is 16.5 Å². The van der Waals surface area contributed by atoms with E-state index in [9.17, 15) is 24.3 Å². The van der Waals surface area contributed by atoms with Crippen molar-refractivity contribution >= 4 is 11.6 Å². The number of ether oxygens (including phenoxy) is 1. The van der Waals surface area contributed by atoms with Gasteiger partial charge in [-0.1, -0.05) is 43.3 Å². The second-order valence-corrected chi connectivity index (χ2v) is 10.7. The molecule has 1 aromatic heterocycles. The van der Waals surface area contributed by atoms with Crippen LogP contribution in [0.15, 0.2) is 80.9 Å². The van der Waals surface area contributed by atoms with Crippen molar-refractivity contribution in [3.8, 4) is 17.2 Å². The van der Waals surface area contributed by atoms with Crippen molar-refractivity contribution in [2.75, 3.05) is 7.11 Å². The molecule has 0 spiro atoms. The van der Waals surface area contributed by atoms with Crippen molar-refractivity contribution < 1.29 is 19.4 Å². The zero-order chi connectivity index (χ0) is 27.8. The quantitative estimate of drug-likeness (QED) is 0.523. The third-order valence-electron chi connectivity index (χ3n) is 9.01. The first-order valence-corrected chi connectivity index (χ1v) is 12.9. The molecule has 3 aromatic rings. The number of phenols is 1. The molecule has 3 aliphatic rings. The number of hydrogen-bond acceptors (Lipinski definition) is 6. The van der Waals surface area contributed by atoms with Gasteiger partial charge in [0.1, 0.15) is 0 Å². The fraction of sp³-hybridized carbons (Fsp3) is 0.333. The van der Waals surface area contributed by atoms with Crippen LogP contribution in [0.25, 0.3) is 5.69 Å². The van der Waals surface area contributed by atoms with Crippen LogP contribution in [0, 0.1) is 11.3 Å². The molecule has 2 aromatic carbocycles. The molecule has 200 valence electrons. The normalized spacial score (nSPS) is 26.1. The maximum Gasteiger partial charge on any atom is 0.352 e. The molecule has 1 aliphatic heterocycles. The second-order valence-electron chi connectivity index (χ2n) is 10.7. The molecule has 1 saturated carbocycles. The summed E-state index contributed by atoms with van der Waals surface area (Å²) in [6.45, 7) is 5.22. The molecule has 1 fully saturated rings. The number of aromatic nitrogens is 3. The number of carbonyl (C=O) groups is 2. The zero-order valence-corrected chi connectivity index (χ0v) is 22.2. The first-order valence-electron chi connectivity index (χ1n) is 12.9. The van der Waals surface area contributed by atoms with E-state index in [0.717, 1.165) is 10.1 Å². The third-order valence-corrected chi connectivity index (χ3v) is 9.01. The lowest BCUT2D eigenvalue weighted by Crippen LogP contribution is -2.55. The number of nitrogens with zero attached hydrogens (tertiary/aromatic N) is 3. The Bertz CT molecular complexity index is 1740. The molecule has 0 unspecified atom stereocenters. The van der Waals surface area contributed by atoms with Gasteiger partial charge in [0.25, 0.3) is 0 Å². The minimum absolute atomic E-state index is 0.109. The highest BCUT2D eigenvalue weighted by atomic mass is 16.5. The second kappa shape index (κ2) is 8.56. The van der Waals surface area contributed by atoms with Crippen LogP contribution >= 0.6 is 0 Å². The van der Waals surface area contributed by atoms with E-state index in [2.05, 4.69) is 0 Å². The lowest BCUT2D eigenvalue weighted by atomic mass is 9.50.